The Kier molecular flexibility index (Phi) is 6.70. The third-order valence-electron chi connectivity index (χ3n) is 6.54. The van der Waals surface area contributed by atoms with Gasteiger partial charge in [0.25, 0.3) is 0 Å². The van der Waals surface area contributed by atoms with Crippen molar-refractivity contribution >= 4 is 34.6 Å². The molecule has 2 heterocycles. The minimum Gasteiger partial charge on any atom is -0.506 e. The lowest BCUT2D eigenvalue weighted by Gasteiger charge is -2.46. The molecule has 7 heteroatoms. The average Bonchev–Trinajstić information content (AvgIpc) is 2.87. The van der Waals surface area contributed by atoms with E-state index in [1.54, 1.807) is 18.2 Å². The van der Waals surface area contributed by atoms with Crippen LogP contribution in [0.25, 0.3) is 11.4 Å². The summed E-state index contributed by atoms with van der Waals surface area (Å²) in [5, 5.41) is 14.1. The van der Waals surface area contributed by atoms with Crippen LogP contribution >= 0.6 is 11.6 Å². The molecule has 1 aliphatic rings. The Morgan fingerprint density at radius 1 is 0.889 bits per heavy atom. The molecular weight excluding hydrogens is 470 g/mol. The first-order valence-electron chi connectivity index (χ1n) is 12.2. The highest BCUT2D eigenvalue weighted by atomic mass is 35.5. The fraction of sp³-hybridized carbons (Fsp3) is 0.241. The summed E-state index contributed by atoms with van der Waals surface area (Å²) < 4.78 is 0. The third-order valence-corrected chi connectivity index (χ3v) is 6.78. The van der Waals surface area contributed by atoms with E-state index in [0.717, 1.165) is 24.5 Å². The summed E-state index contributed by atoms with van der Waals surface area (Å²) in [5.74, 6) is 2.17. The fourth-order valence-corrected chi connectivity index (χ4v) is 5.03. The number of halogens is 1. The van der Waals surface area contributed by atoms with Crippen molar-refractivity contribution in [2.45, 2.75) is 32.9 Å². The molecule has 1 fully saturated rings. The average molecular weight is 500 g/mol. The molecule has 3 aromatic carbocycles. The van der Waals surface area contributed by atoms with Crippen LogP contribution < -0.4 is 15.1 Å². The molecule has 0 bridgehead atoms. The Labute approximate surface area is 217 Å². The SMILES string of the molecule is Cc1ccc(-c2nc(Nc3cc(Cl)ccc3O)cc(N3CC(C)N(c4ccccc4)C(C)C3)n2)cc1. The molecule has 1 aliphatic heterocycles. The molecule has 1 saturated heterocycles. The van der Waals surface area contributed by atoms with E-state index in [4.69, 9.17) is 21.6 Å². The van der Waals surface area contributed by atoms with Crippen LogP contribution in [0.2, 0.25) is 5.02 Å². The second-order valence-electron chi connectivity index (χ2n) is 9.43. The lowest BCUT2D eigenvalue weighted by molar-refractivity contribution is 0.472. The van der Waals surface area contributed by atoms with Gasteiger partial charge in [-0.1, -0.05) is 59.6 Å². The molecule has 0 spiro atoms. The van der Waals surface area contributed by atoms with E-state index >= 15 is 0 Å². The van der Waals surface area contributed by atoms with Gasteiger partial charge >= 0.3 is 0 Å². The molecule has 1 aromatic heterocycles. The molecule has 0 saturated carbocycles. The number of phenols is 1. The van der Waals surface area contributed by atoms with E-state index < -0.39 is 0 Å². The maximum absolute atomic E-state index is 10.4. The van der Waals surface area contributed by atoms with Gasteiger partial charge < -0.3 is 20.2 Å². The van der Waals surface area contributed by atoms with E-state index in [1.807, 2.05) is 18.2 Å². The molecule has 184 valence electrons. The first-order valence-corrected chi connectivity index (χ1v) is 12.5. The van der Waals surface area contributed by atoms with Crippen molar-refractivity contribution in [2.24, 2.45) is 0 Å². The Morgan fingerprint density at radius 2 is 1.58 bits per heavy atom. The van der Waals surface area contributed by atoms with E-state index in [1.165, 1.54) is 11.3 Å². The number of hydrogen-bond donors (Lipinski definition) is 2. The molecular formula is C29H30ClN5O. The number of piperazine rings is 1. The largest absolute Gasteiger partial charge is 0.506 e. The van der Waals surface area contributed by atoms with Crippen LogP contribution in [0.5, 0.6) is 5.75 Å². The lowest BCUT2D eigenvalue weighted by Crippen LogP contribution is -2.57. The quantitative estimate of drug-likeness (QED) is 0.299. The molecule has 2 atom stereocenters. The highest BCUT2D eigenvalue weighted by Gasteiger charge is 2.30. The maximum Gasteiger partial charge on any atom is 0.163 e. The Morgan fingerprint density at radius 3 is 2.28 bits per heavy atom. The van der Waals surface area contributed by atoms with Crippen molar-refractivity contribution in [3.63, 3.8) is 0 Å². The highest BCUT2D eigenvalue weighted by molar-refractivity contribution is 6.31. The number of benzene rings is 3. The van der Waals surface area contributed by atoms with Gasteiger partial charge in [0.15, 0.2) is 5.82 Å². The molecule has 2 N–H and O–H groups in total. The standard InChI is InChI=1S/C29H30ClN5O/c1-19-9-11-22(12-10-19)29-32-27(31-25-15-23(30)13-14-26(25)36)16-28(33-29)34-17-20(2)35(21(3)18-34)24-7-5-4-6-8-24/h4-16,20-21,36H,17-18H2,1-3H3,(H,31,32,33). The zero-order valence-corrected chi connectivity index (χ0v) is 21.4. The Hall–Kier alpha value is -3.77. The van der Waals surface area contributed by atoms with Crippen LogP contribution in [-0.2, 0) is 0 Å². The number of anilines is 4. The second kappa shape index (κ2) is 10.1. The monoisotopic (exact) mass is 499 g/mol. The van der Waals surface area contributed by atoms with Gasteiger partial charge in [-0.15, -0.1) is 0 Å². The number of hydrogen-bond acceptors (Lipinski definition) is 6. The third kappa shape index (κ3) is 5.09. The first kappa shape index (κ1) is 23.9. The van der Waals surface area contributed by atoms with Gasteiger partial charge in [0.05, 0.1) is 5.69 Å². The molecule has 0 amide bonds. The number of phenolic OH excluding ortho intramolecular Hbond substituents is 1. The summed E-state index contributed by atoms with van der Waals surface area (Å²) in [6.07, 6.45) is 0. The van der Waals surface area contributed by atoms with Crippen molar-refractivity contribution in [1.29, 1.82) is 0 Å². The van der Waals surface area contributed by atoms with Crippen molar-refractivity contribution in [2.75, 3.05) is 28.2 Å². The van der Waals surface area contributed by atoms with E-state index in [9.17, 15) is 5.11 Å². The maximum atomic E-state index is 10.4. The van der Waals surface area contributed by atoms with Crippen molar-refractivity contribution in [3.8, 4) is 17.1 Å². The number of nitrogens with zero attached hydrogens (tertiary/aromatic N) is 4. The number of aromatic hydroxyl groups is 1. The van der Waals surface area contributed by atoms with Crippen LogP contribution in [0, 0.1) is 6.92 Å². The summed E-state index contributed by atoms with van der Waals surface area (Å²) in [7, 11) is 0. The van der Waals surface area contributed by atoms with E-state index in [0.29, 0.717) is 34.4 Å². The van der Waals surface area contributed by atoms with Gasteiger partial charge in [-0.25, -0.2) is 9.97 Å². The zero-order chi connectivity index (χ0) is 25.2. The first-order chi connectivity index (χ1) is 17.4. The van der Waals surface area contributed by atoms with Crippen LogP contribution in [0.1, 0.15) is 19.4 Å². The zero-order valence-electron chi connectivity index (χ0n) is 20.7. The van der Waals surface area contributed by atoms with Gasteiger partial charge in [-0.3, -0.25) is 0 Å². The lowest BCUT2D eigenvalue weighted by atomic mass is 10.1. The van der Waals surface area contributed by atoms with Crippen LogP contribution in [0.4, 0.5) is 23.0 Å². The van der Waals surface area contributed by atoms with Crippen LogP contribution in [0.15, 0.2) is 78.9 Å². The molecule has 6 nitrogen and oxygen atoms in total. The second-order valence-corrected chi connectivity index (χ2v) is 9.87. The summed E-state index contributed by atoms with van der Waals surface area (Å²) in [6, 6.07) is 26.2. The molecule has 0 radical (unpaired) electrons. The van der Waals surface area contributed by atoms with Gasteiger partial charge in [0.1, 0.15) is 17.4 Å². The highest BCUT2D eigenvalue weighted by Crippen LogP contribution is 2.33. The summed E-state index contributed by atoms with van der Waals surface area (Å²) >= 11 is 6.18. The number of aromatic nitrogens is 2. The molecule has 36 heavy (non-hydrogen) atoms. The van der Waals surface area contributed by atoms with Gasteiger partial charge in [-0.05, 0) is 51.1 Å². The van der Waals surface area contributed by atoms with Crippen molar-refractivity contribution < 1.29 is 5.11 Å². The number of aryl methyl sites for hydroxylation is 1. The molecule has 5 rings (SSSR count). The van der Waals surface area contributed by atoms with E-state index in [-0.39, 0.29) is 5.75 Å². The normalized spacial score (nSPS) is 17.8. The smallest absolute Gasteiger partial charge is 0.163 e. The molecule has 4 aromatic rings. The summed E-state index contributed by atoms with van der Waals surface area (Å²) in [5.41, 5.74) is 3.85. The Balaban J connectivity index is 1.50. The molecule has 2 unspecified atom stereocenters. The molecule has 0 aliphatic carbocycles. The van der Waals surface area contributed by atoms with Crippen LogP contribution in [0.3, 0.4) is 0 Å². The minimum absolute atomic E-state index is 0.107. The number of para-hydroxylation sites is 1. The number of rotatable bonds is 5. The topological polar surface area (TPSA) is 64.5 Å². The predicted octanol–water partition coefficient (Wildman–Crippen LogP) is 6.66. The number of nitrogens with one attached hydrogen (secondary N) is 1. The van der Waals surface area contributed by atoms with Gasteiger partial charge in [0, 0.05) is 47.5 Å². The fourth-order valence-electron chi connectivity index (χ4n) is 4.86. The van der Waals surface area contributed by atoms with Gasteiger partial charge in [0.2, 0.25) is 0 Å². The minimum atomic E-state index is 0.107. The predicted molar refractivity (Wildman–Crippen MR) is 149 cm³/mol. The summed E-state index contributed by atoms with van der Waals surface area (Å²) in [4.78, 5) is 14.5. The van der Waals surface area contributed by atoms with Crippen molar-refractivity contribution in [1.82, 2.24) is 9.97 Å². The summed E-state index contributed by atoms with van der Waals surface area (Å²) in [6.45, 7) is 8.21. The van der Waals surface area contributed by atoms with Gasteiger partial charge in [-0.2, -0.15) is 0 Å². The van der Waals surface area contributed by atoms with Crippen molar-refractivity contribution in [3.05, 3.63) is 89.4 Å². The van der Waals surface area contributed by atoms with E-state index in [2.05, 4.69) is 78.4 Å². The Bertz CT molecular complexity index is 1330. The van der Waals surface area contributed by atoms with Crippen LogP contribution in [-0.4, -0.2) is 40.2 Å².